The van der Waals surface area contributed by atoms with Crippen molar-refractivity contribution in [1.29, 1.82) is 0 Å². The van der Waals surface area contributed by atoms with Crippen LogP contribution in [0.15, 0.2) is 29.0 Å². The maximum absolute atomic E-state index is 13.1. The molecule has 1 fully saturated rings. The molecule has 2 unspecified atom stereocenters. The fourth-order valence-electron chi connectivity index (χ4n) is 3.72. The number of imide groups is 1. The lowest BCUT2D eigenvalue weighted by atomic mass is 9.80. The van der Waals surface area contributed by atoms with Crippen molar-refractivity contribution in [2.75, 3.05) is 6.54 Å². The Kier molecular flexibility index (Phi) is 4.32. The molecule has 2 atom stereocenters. The van der Waals surface area contributed by atoms with E-state index in [9.17, 15) is 14.4 Å². The lowest BCUT2D eigenvalue weighted by Gasteiger charge is -2.31. The Morgan fingerprint density at radius 3 is 2.96 bits per heavy atom. The summed E-state index contributed by atoms with van der Waals surface area (Å²) in [6.45, 7) is 1.62. The van der Waals surface area contributed by atoms with Gasteiger partial charge in [-0.3, -0.25) is 14.5 Å². The minimum atomic E-state index is -0.996. The van der Waals surface area contributed by atoms with Gasteiger partial charge in [0.2, 0.25) is 5.91 Å². The van der Waals surface area contributed by atoms with E-state index in [0.29, 0.717) is 6.42 Å². The van der Waals surface area contributed by atoms with Crippen molar-refractivity contribution in [2.45, 2.75) is 37.8 Å². The van der Waals surface area contributed by atoms with E-state index in [1.165, 1.54) is 0 Å². The number of carbonyl (C=O) groups is 3. The average molecular weight is 390 g/mol. The quantitative estimate of drug-likeness (QED) is 0.790. The van der Waals surface area contributed by atoms with Crippen LogP contribution in [0.5, 0.6) is 0 Å². The number of aryl methyl sites for hydroxylation is 1. The second kappa shape index (κ2) is 6.51. The molecular weight excluding hydrogens is 370 g/mol. The summed E-state index contributed by atoms with van der Waals surface area (Å²) >= 11 is 3.17. The topological polar surface area (TPSA) is 78.5 Å². The van der Waals surface area contributed by atoms with Gasteiger partial charge in [-0.1, -0.05) is 6.07 Å². The monoisotopic (exact) mass is 389 g/mol. The van der Waals surface area contributed by atoms with Gasteiger partial charge >= 0.3 is 6.03 Å². The van der Waals surface area contributed by atoms with Gasteiger partial charge < -0.3 is 10.6 Å². The van der Waals surface area contributed by atoms with Crippen LogP contribution in [0.1, 0.15) is 41.1 Å². The number of fused-ring (bicyclic) bond motifs is 2. The standard InChI is InChI=1S/C18H19N3O3S2/c1-11(13-5-3-8-25-13)19-15(22)10-21-16(23)18(20-17(21)24)7-2-4-14-12(18)6-9-26-14/h3,5-6,8-9,11H,2,4,7,10H2,1H3,(H,19,22)(H,20,24). The van der Waals surface area contributed by atoms with Crippen molar-refractivity contribution in [3.8, 4) is 0 Å². The summed E-state index contributed by atoms with van der Waals surface area (Å²) in [5.74, 6) is -0.659. The highest BCUT2D eigenvalue weighted by Crippen LogP contribution is 2.42. The Morgan fingerprint density at radius 2 is 2.19 bits per heavy atom. The van der Waals surface area contributed by atoms with Gasteiger partial charge in [0.25, 0.3) is 5.91 Å². The van der Waals surface area contributed by atoms with Crippen LogP contribution in [0.2, 0.25) is 0 Å². The first kappa shape index (κ1) is 17.2. The van der Waals surface area contributed by atoms with Gasteiger partial charge in [-0.25, -0.2) is 4.79 Å². The number of urea groups is 1. The molecule has 2 aromatic rings. The zero-order valence-corrected chi connectivity index (χ0v) is 15.9. The third-order valence-electron chi connectivity index (χ3n) is 4.99. The highest BCUT2D eigenvalue weighted by Gasteiger charge is 2.54. The first-order valence-electron chi connectivity index (χ1n) is 8.55. The Hall–Kier alpha value is -2.19. The molecule has 2 N–H and O–H groups in total. The minimum Gasteiger partial charge on any atom is -0.347 e. The van der Waals surface area contributed by atoms with E-state index in [4.69, 9.17) is 0 Å². The van der Waals surface area contributed by atoms with Gasteiger partial charge in [-0.05, 0) is 49.1 Å². The number of carbonyl (C=O) groups excluding carboxylic acids is 3. The van der Waals surface area contributed by atoms with Crippen molar-refractivity contribution < 1.29 is 14.4 Å². The van der Waals surface area contributed by atoms with Gasteiger partial charge in [-0.2, -0.15) is 0 Å². The van der Waals surface area contributed by atoms with Crippen molar-refractivity contribution >= 4 is 40.5 Å². The van der Waals surface area contributed by atoms with Gasteiger partial charge in [0, 0.05) is 15.3 Å². The molecule has 0 bridgehead atoms. The van der Waals surface area contributed by atoms with Crippen molar-refractivity contribution in [3.63, 3.8) is 0 Å². The maximum Gasteiger partial charge on any atom is 0.325 e. The molecule has 2 aliphatic rings. The largest absolute Gasteiger partial charge is 0.347 e. The molecule has 1 aliphatic heterocycles. The van der Waals surface area contributed by atoms with E-state index in [1.54, 1.807) is 22.7 Å². The van der Waals surface area contributed by atoms with E-state index in [1.807, 2.05) is 35.9 Å². The van der Waals surface area contributed by atoms with Crippen LogP contribution in [0.3, 0.4) is 0 Å². The lowest BCUT2D eigenvalue weighted by molar-refractivity contribution is -0.135. The predicted octanol–water partition coefficient (Wildman–Crippen LogP) is 2.77. The normalized spacial score (nSPS) is 23.0. The SMILES string of the molecule is CC(NC(=O)CN1C(=O)NC2(CCCc3sccc32)C1=O)c1cccs1. The van der Waals surface area contributed by atoms with Gasteiger partial charge in [-0.15, -0.1) is 22.7 Å². The minimum absolute atomic E-state index is 0.157. The number of thiophene rings is 2. The fraction of sp³-hybridized carbons (Fsp3) is 0.389. The van der Waals surface area contributed by atoms with Crippen LogP contribution in [0.25, 0.3) is 0 Å². The van der Waals surface area contributed by atoms with Crippen LogP contribution in [0, 0.1) is 0 Å². The molecule has 0 saturated carbocycles. The summed E-state index contributed by atoms with van der Waals surface area (Å²) in [5, 5.41) is 9.62. The van der Waals surface area contributed by atoms with Gasteiger partial charge in [0.15, 0.2) is 0 Å². The molecule has 1 spiro atoms. The van der Waals surface area contributed by atoms with Crippen LogP contribution >= 0.6 is 22.7 Å². The predicted molar refractivity (Wildman–Crippen MR) is 100 cm³/mol. The Balaban J connectivity index is 1.50. The number of rotatable bonds is 4. The second-order valence-corrected chi connectivity index (χ2v) is 8.62. The summed E-state index contributed by atoms with van der Waals surface area (Å²) in [6.07, 6.45) is 2.34. The smallest absolute Gasteiger partial charge is 0.325 e. The summed E-state index contributed by atoms with van der Waals surface area (Å²) in [5.41, 5.74) is -0.105. The molecule has 4 amide bonds. The van der Waals surface area contributed by atoms with Crippen molar-refractivity contribution in [3.05, 3.63) is 44.3 Å². The fourth-order valence-corrected chi connectivity index (χ4v) is 5.46. The first-order valence-corrected chi connectivity index (χ1v) is 10.3. The second-order valence-electron chi connectivity index (χ2n) is 6.64. The molecule has 4 rings (SSSR count). The molecule has 1 aliphatic carbocycles. The molecular formula is C18H19N3O3S2. The number of nitrogens with one attached hydrogen (secondary N) is 2. The van der Waals surface area contributed by atoms with Crippen LogP contribution in [-0.4, -0.2) is 29.3 Å². The molecule has 2 aromatic heterocycles. The third kappa shape index (κ3) is 2.73. The number of hydrogen-bond acceptors (Lipinski definition) is 5. The molecule has 0 aromatic carbocycles. The molecule has 0 radical (unpaired) electrons. The van der Waals surface area contributed by atoms with Crippen molar-refractivity contribution in [2.24, 2.45) is 0 Å². The van der Waals surface area contributed by atoms with E-state index >= 15 is 0 Å². The first-order chi connectivity index (χ1) is 12.5. The molecule has 136 valence electrons. The Labute approximate surface area is 159 Å². The molecule has 1 saturated heterocycles. The highest BCUT2D eigenvalue weighted by atomic mass is 32.1. The van der Waals surface area contributed by atoms with Crippen molar-refractivity contribution in [1.82, 2.24) is 15.5 Å². The highest BCUT2D eigenvalue weighted by molar-refractivity contribution is 7.10. The average Bonchev–Trinajstić information content (AvgIpc) is 3.33. The maximum atomic E-state index is 13.1. The zero-order chi connectivity index (χ0) is 18.3. The van der Waals surface area contributed by atoms with Crippen LogP contribution in [-0.2, 0) is 21.5 Å². The number of amides is 4. The van der Waals surface area contributed by atoms with E-state index < -0.39 is 11.6 Å². The van der Waals surface area contributed by atoms with Crippen LogP contribution in [0.4, 0.5) is 4.79 Å². The van der Waals surface area contributed by atoms with E-state index in [2.05, 4.69) is 10.6 Å². The third-order valence-corrected chi connectivity index (χ3v) is 7.02. The Bertz CT molecular complexity index is 861. The molecule has 3 heterocycles. The molecule has 6 nitrogen and oxygen atoms in total. The lowest BCUT2D eigenvalue weighted by Crippen LogP contribution is -2.47. The molecule has 8 heteroatoms. The summed E-state index contributed by atoms with van der Waals surface area (Å²) in [6, 6.07) is 5.13. The summed E-state index contributed by atoms with van der Waals surface area (Å²) in [7, 11) is 0. The number of hydrogen-bond donors (Lipinski definition) is 2. The van der Waals surface area contributed by atoms with E-state index in [-0.39, 0.29) is 24.4 Å². The molecule has 26 heavy (non-hydrogen) atoms. The summed E-state index contributed by atoms with van der Waals surface area (Å²) < 4.78 is 0. The Morgan fingerprint density at radius 1 is 1.35 bits per heavy atom. The van der Waals surface area contributed by atoms with E-state index in [0.717, 1.165) is 33.1 Å². The zero-order valence-electron chi connectivity index (χ0n) is 14.3. The van der Waals surface area contributed by atoms with Gasteiger partial charge in [0.1, 0.15) is 12.1 Å². The number of nitrogens with zero attached hydrogens (tertiary/aromatic N) is 1. The van der Waals surface area contributed by atoms with Gasteiger partial charge in [0.05, 0.1) is 6.04 Å². The van der Waals surface area contributed by atoms with Crippen LogP contribution < -0.4 is 10.6 Å². The summed E-state index contributed by atoms with van der Waals surface area (Å²) in [4.78, 5) is 41.1.